The molecule has 0 aliphatic rings. The van der Waals surface area contributed by atoms with E-state index in [2.05, 4.69) is 5.32 Å². The molecule has 0 aliphatic heterocycles. The molecular formula is C13H18F3NOS. The third-order valence-electron chi connectivity index (χ3n) is 2.52. The van der Waals surface area contributed by atoms with Crippen molar-refractivity contribution in [2.75, 3.05) is 26.5 Å². The van der Waals surface area contributed by atoms with Crippen LogP contribution in [0.5, 0.6) is 0 Å². The Labute approximate surface area is 115 Å². The van der Waals surface area contributed by atoms with Gasteiger partial charge in [-0.15, -0.1) is 11.8 Å². The van der Waals surface area contributed by atoms with Gasteiger partial charge in [-0.2, -0.15) is 13.2 Å². The molecule has 0 heterocycles. The van der Waals surface area contributed by atoms with Crippen molar-refractivity contribution in [2.24, 2.45) is 0 Å². The van der Waals surface area contributed by atoms with Gasteiger partial charge in [0.25, 0.3) is 0 Å². The van der Waals surface area contributed by atoms with Gasteiger partial charge >= 0.3 is 6.18 Å². The van der Waals surface area contributed by atoms with Crippen molar-refractivity contribution in [3.8, 4) is 0 Å². The minimum absolute atomic E-state index is 0.212. The summed E-state index contributed by atoms with van der Waals surface area (Å²) in [6.07, 6.45) is -3.49. The van der Waals surface area contributed by atoms with Crippen molar-refractivity contribution in [1.82, 2.24) is 5.32 Å². The molecule has 1 rings (SSSR count). The van der Waals surface area contributed by atoms with E-state index in [4.69, 9.17) is 4.74 Å². The van der Waals surface area contributed by atoms with Crippen LogP contribution in [-0.4, -0.2) is 26.5 Å². The molecule has 1 aromatic rings. The maximum Gasteiger partial charge on any atom is 0.416 e. The van der Waals surface area contributed by atoms with Crippen LogP contribution in [0, 0.1) is 0 Å². The smallest absolute Gasteiger partial charge is 0.385 e. The highest BCUT2D eigenvalue weighted by Crippen LogP contribution is 2.34. The molecule has 1 aromatic carbocycles. The number of benzene rings is 1. The number of halogens is 3. The summed E-state index contributed by atoms with van der Waals surface area (Å²) in [7, 11) is 3.24. The van der Waals surface area contributed by atoms with E-state index in [9.17, 15) is 13.2 Å². The first kappa shape index (κ1) is 16.3. The second-order valence-electron chi connectivity index (χ2n) is 4.04. The molecule has 108 valence electrons. The SMILES string of the molecule is CNCc1ccc(SCCCOC)cc1C(F)(F)F. The Kier molecular flexibility index (Phi) is 6.68. The molecule has 0 atom stereocenters. The minimum atomic E-state index is -4.31. The molecule has 0 saturated carbocycles. The third kappa shape index (κ3) is 5.42. The summed E-state index contributed by atoms with van der Waals surface area (Å²) in [5.74, 6) is 0.747. The second kappa shape index (κ2) is 7.77. The molecule has 19 heavy (non-hydrogen) atoms. The fourth-order valence-electron chi connectivity index (χ4n) is 1.65. The summed E-state index contributed by atoms with van der Waals surface area (Å²) in [6.45, 7) is 0.834. The molecule has 0 saturated heterocycles. The largest absolute Gasteiger partial charge is 0.416 e. The minimum Gasteiger partial charge on any atom is -0.385 e. The Hall–Kier alpha value is -0.720. The molecule has 0 aliphatic carbocycles. The molecule has 0 bridgehead atoms. The van der Waals surface area contributed by atoms with E-state index in [0.717, 1.165) is 12.2 Å². The predicted octanol–water partition coefficient (Wildman–Crippen LogP) is 3.55. The monoisotopic (exact) mass is 293 g/mol. The molecule has 0 amide bonds. The van der Waals surface area contributed by atoms with Crippen LogP contribution < -0.4 is 5.32 Å². The average molecular weight is 293 g/mol. The van der Waals surface area contributed by atoms with E-state index < -0.39 is 11.7 Å². The van der Waals surface area contributed by atoms with Crippen molar-refractivity contribution >= 4 is 11.8 Å². The fourth-order valence-corrected chi connectivity index (χ4v) is 2.51. The van der Waals surface area contributed by atoms with E-state index in [1.54, 1.807) is 20.2 Å². The lowest BCUT2D eigenvalue weighted by Crippen LogP contribution is -2.14. The van der Waals surface area contributed by atoms with Gasteiger partial charge in [0.05, 0.1) is 5.56 Å². The van der Waals surface area contributed by atoms with Crippen molar-refractivity contribution < 1.29 is 17.9 Å². The van der Waals surface area contributed by atoms with Gasteiger partial charge < -0.3 is 10.1 Å². The number of hydrogen-bond acceptors (Lipinski definition) is 3. The number of nitrogens with one attached hydrogen (secondary N) is 1. The number of thioether (sulfide) groups is 1. The topological polar surface area (TPSA) is 21.3 Å². The predicted molar refractivity (Wildman–Crippen MR) is 71.4 cm³/mol. The molecule has 0 spiro atoms. The summed E-state index contributed by atoms with van der Waals surface area (Å²) >= 11 is 1.42. The van der Waals surface area contributed by atoms with Crippen molar-refractivity contribution in [2.45, 2.75) is 24.0 Å². The van der Waals surface area contributed by atoms with Gasteiger partial charge in [-0.05, 0) is 31.2 Å². The average Bonchev–Trinajstić information content (AvgIpc) is 2.35. The molecular weight excluding hydrogens is 275 g/mol. The summed E-state index contributed by atoms with van der Waals surface area (Å²) in [6, 6.07) is 4.50. The fraction of sp³-hybridized carbons (Fsp3) is 0.538. The van der Waals surface area contributed by atoms with Gasteiger partial charge in [-0.3, -0.25) is 0 Å². The Morgan fingerprint density at radius 3 is 2.63 bits per heavy atom. The summed E-state index contributed by atoms with van der Waals surface area (Å²) in [5.41, 5.74) is -0.283. The van der Waals surface area contributed by atoms with Crippen molar-refractivity contribution in [3.63, 3.8) is 0 Å². The van der Waals surface area contributed by atoms with Gasteiger partial charge in [0.15, 0.2) is 0 Å². The van der Waals surface area contributed by atoms with Crippen LogP contribution in [0.3, 0.4) is 0 Å². The van der Waals surface area contributed by atoms with Gasteiger partial charge in [-0.1, -0.05) is 6.07 Å². The van der Waals surface area contributed by atoms with Crippen LogP contribution in [-0.2, 0) is 17.5 Å². The maximum absolute atomic E-state index is 12.9. The highest BCUT2D eigenvalue weighted by Gasteiger charge is 2.33. The van der Waals surface area contributed by atoms with Crippen molar-refractivity contribution in [1.29, 1.82) is 0 Å². The standard InChI is InChI=1S/C13H18F3NOS/c1-17-9-10-4-5-11(19-7-3-6-18-2)8-12(10)13(14,15)16/h4-5,8,17H,3,6-7,9H2,1-2H3. The molecule has 2 nitrogen and oxygen atoms in total. The summed E-state index contributed by atoms with van der Waals surface area (Å²) in [5, 5.41) is 2.75. The molecule has 0 radical (unpaired) electrons. The van der Waals surface area contributed by atoms with Crippen LogP contribution in [0.4, 0.5) is 13.2 Å². The normalized spacial score (nSPS) is 11.8. The molecule has 0 unspecified atom stereocenters. The Bertz CT molecular complexity index is 396. The zero-order chi connectivity index (χ0) is 14.3. The number of methoxy groups -OCH3 is 1. The Morgan fingerprint density at radius 2 is 2.05 bits per heavy atom. The zero-order valence-electron chi connectivity index (χ0n) is 11.0. The van der Waals surface area contributed by atoms with Crippen molar-refractivity contribution in [3.05, 3.63) is 29.3 Å². The van der Waals surface area contributed by atoms with E-state index in [1.165, 1.54) is 23.9 Å². The number of rotatable bonds is 7. The van der Waals surface area contributed by atoms with Crippen LogP contribution in [0.1, 0.15) is 17.5 Å². The lowest BCUT2D eigenvalue weighted by Gasteiger charge is -2.14. The van der Waals surface area contributed by atoms with E-state index in [1.807, 2.05) is 0 Å². The number of ether oxygens (including phenoxy) is 1. The molecule has 1 N–H and O–H groups in total. The third-order valence-corrected chi connectivity index (χ3v) is 3.60. The number of alkyl halides is 3. The first-order valence-corrected chi connectivity index (χ1v) is 6.94. The Morgan fingerprint density at radius 1 is 1.32 bits per heavy atom. The Balaban J connectivity index is 2.80. The highest BCUT2D eigenvalue weighted by atomic mass is 32.2. The molecule has 0 aromatic heterocycles. The van der Waals surface area contributed by atoms with E-state index in [0.29, 0.717) is 11.5 Å². The van der Waals surface area contributed by atoms with Crippen LogP contribution >= 0.6 is 11.8 Å². The lowest BCUT2D eigenvalue weighted by atomic mass is 10.1. The highest BCUT2D eigenvalue weighted by molar-refractivity contribution is 7.99. The van der Waals surface area contributed by atoms with Crippen LogP contribution in [0.25, 0.3) is 0 Å². The molecule has 0 fully saturated rings. The molecule has 6 heteroatoms. The van der Waals surface area contributed by atoms with Gasteiger partial charge in [0, 0.05) is 30.9 Å². The van der Waals surface area contributed by atoms with E-state index in [-0.39, 0.29) is 12.1 Å². The van der Waals surface area contributed by atoms with Gasteiger partial charge in [0.2, 0.25) is 0 Å². The second-order valence-corrected chi connectivity index (χ2v) is 5.21. The quantitative estimate of drug-likeness (QED) is 0.613. The number of hydrogen-bond donors (Lipinski definition) is 1. The lowest BCUT2D eigenvalue weighted by molar-refractivity contribution is -0.138. The maximum atomic E-state index is 12.9. The van der Waals surface area contributed by atoms with Gasteiger partial charge in [-0.25, -0.2) is 0 Å². The van der Waals surface area contributed by atoms with Gasteiger partial charge in [0.1, 0.15) is 0 Å². The summed E-state index contributed by atoms with van der Waals surface area (Å²) < 4.78 is 43.7. The zero-order valence-corrected chi connectivity index (χ0v) is 11.8. The first-order chi connectivity index (χ1) is 8.99. The summed E-state index contributed by atoms with van der Waals surface area (Å²) in [4.78, 5) is 0.642. The van der Waals surface area contributed by atoms with Crippen LogP contribution in [0.2, 0.25) is 0 Å². The van der Waals surface area contributed by atoms with Crippen LogP contribution in [0.15, 0.2) is 23.1 Å². The van der Waals surface area contributed by atoms with E-state index >= 15 is 0 Å². The first-order valence-electron chi connectivity index (χ1n) is 5.95.